The first kappa shape index (κ1) is 15.2. The highest BCUT2D eigenvalue weighted by Crippen LogP contribution is 2.23. The lowest BCUT2D eigenvalue weighted by Gasteiger charge is -2.21. The molecule has 7 heteroatoms. The molecular weight excluding hydrogens is 298 g/mol. The molecule has 0 aliphatic carbocycles. The lowest BCUT2D eigenvalue weighted by Crippen LogP contribution is -2.44. The number of carbonyl (C=O) groups excluding carboxylic acids is 2. The van der Waals surface area contributed by atoms with Gasteiger partial charge in [-0.15, -0.1) is 0 Å². The number of hydrogen-bond donors (Lipinski definition) is 2. The molecule has 1 aliphatic rings. The first-order valence-electron chi connectivity index (χ1n) is 7.35. The summed E-state index contributed by atoms with van der Waals surface area (Å²) in [6, 6.07) is 4.74. The molecule has 2 aromatic rings. The van der Waals surface area contributed by atoms with Gasteiger partial charge in [0.25, 0.3) is 0 Å². The maximum absolute atomic E-state index is 12.5. The lowest BCUT2D eigenvalue weighted by atomic mass is 10.1. The second kappa shape index (κ2) is 5.85. The van der Waals surface area contributed by atoms with Crippen molar-refractivity contribution in [2.75, 3.05) is 6.61 Å². The Morgan fingerprint density at radius 3 is 2.78 bits per heavy atom. The van der Waals surface area contributed by atoms with Crippen molar-refractivity contribution in [2.24, 2.45) is 7.05 Å². The number of nitrogens with zero attached hydrogens (tertiary/aromatic N) is 2. The first-order valence-corrected chi connectivity index (χ1v) is 7.35. The summed E-state index contributed by atoms with van der Waals surface area (Å²) in [6.45, 7) is -0.0613. The second-order valence-corrected chi connectivity index (χ2v) is 5.51. The zero-order valence-corrected chi connectivity index (χ0v) is 12.7. The topological polar surface area (TPSA) is 93.3 Å². The fourth-order valence-corrected chi connectivity index (χ4v) is 2.90. The minimum absolute atomic E-state index is 0.0613. The van der Waals surface area contributed by atoms with Crippen molar-refractivity contribution >= 4 is 28.9 Å². The van der Waals surface area contributed by atoms with Gasteiger partial charge in [0.2, 0.25) is 11.8 Å². The molecule has 23 heavy (non-hydrogen) atoms. The number of aliphatic hydroxyl groups is 1. The van der Waals surface area contributed by atoms with Gasteiger partial charge >= 0.3 is 5.69 Å². The molecule has 1 atom stereocenters. The van der Waals surface area contributed by atoms with Gasteiger partial charge in [0, 0.05) is 13.5 Å². The monoisotopic (exact) mass is 315 g/mol. The summed E-state index contributed by atoms with van der Waals surface area (Å²) in [5.74, 6) is -0.754. The summed E-state index contributed by atoms with van der Waals surface area (Å²) in [5.41, 5.74) is 1.90. The van der Waals surface area contributed by atoms with Crippen LogP contribution in [0.15, 0.2) is 29.1 Å². The van der Waals surface area contributed by atoms with Crippen molar-refractivity contribution in [2.45, 2.75) is 18.9 Å². The number of aryl methyl sites for hydroxylation is 1. The van der Waals surface area contributed by atoms with Crippen LogP contribution in [-0.4, -0.2) is 32.7 Å². The van der Waals surface area contributed by atoms with E-state index in [1.165, 1.54) is 9.13 Å². The quantitative estimate of drug-likeness (QED) is 0.798. The van der Waals surface area contributed by atoms with Gasteiger partial charge in [-0.3, -0.25) is 24.0 Å². The maximum atomic E-state index is 12.5. The van der Waals surface area contributed by atoms with E-state index in [9.17, 15) is 14.4 Å². The largest absolute Gasteiger partial charge is 0.392 e. The molecule has 1 aromatic carbocycles. The zero-order valence-electron chi connectivity index (χ0n) is 12.7. The molecule has 3 rings (SSSR count). The fourth-order valence-electron chi connectivity index (χ4n) is 2.90. The molecule has 0 saturated carbocycles. The predicted molar refractivity (Wildman–Crippen MR) is 84.7 cm³/mol. The van der Waals surface area contributed by atoms with Crippen molar-refractivity contribution < 1.29 is 14.7 Å². The number of rotatable bonds is 3. The van der Waals surface area contributed by atoms with Crippen molar-refractivity contribution in [3.63, 3.8) is 0 Å². The summed E-state index contributed by atoms with van der Waals surface area (Å²) in [7, 11) is 1.65. The number of hydrogen-bond acceptors (Lipinski definition) is 4. The van der Waals surface area contributed by atoms with Crippen LogP contribution in [0, 0.1) is 0 Å². The number of imidazole rings is 1. The molecule has 1 fully saturated rings. The van der Waals surface area contributed by atoms with E-state index in [0.717, 1.165) is 5.56 Å². The van der Waals surface area contributed by atoms with Crippen LogP contribution in [-0.2, 0) is 16.6 Å². The number of nitrogens with one attached hydrogen (secondary N) is 1. The van der Waals surface area contributed by atoms with Crippen molar-refractivity contribution in [1.29, 1.82) is 0 Å². The summed E-state index contributed by atoms with van der Waals surface area (Å²) >= 11 is 0. The van der Waals surface area contributed by atoms with Crippen LogP contribution in [0.5, 0.6) is 0 Å². The molecule has 2 N–H and O–H groups in total. The maximum Gasteiger partial charge on any atom is 0.329 e. The van der Waals surface area contributed by atoms with Gasteiger partial charge < -0.3 is 5.11 Å². The molecule has 2 heterocycles. The molecule has 7 nitrogen and oxygen atoms in total. The Kier molecular flexibility index (Phi) is 3.87. The predicted octanol–water partition coefficient (Wildman–Crippen LogP) is 0.323. The SMILES string of the molecule is Cn1c(=O)n(C2CCC(=O)NC2=O)c2ccc(C=CCO)cc21. The third-order valence-corrected chi connectivity index (χ3v) is 4.05. The van der Waals surface area contributed by atoms with Gasteiger partial charge in [-0.1, -0.05) is 18.2 Å². The van der Waals surface area contributed by atoms with Gasteiger partial charge in [-0.25, -0.2) is 4.79 Å². The Bertz CT molecular complexity index is 875. The summed E-state index contributed by atoms with van der Waals surface area (Å²) in [4.78, 5) is 35.9. The third-order valence-electron chi connectivity index (χ3n) is 4.05. The van der Waals surface area contributed by atoms with Crippen LogP contribution in [0.25, 0.3) is 17.1 Å². The molecule has 0 spiro atoms. The highest BCUT2D eigenvalue weighted by Gasteiger charge is 2.31. The Morgan fingerprint density at radius 1 is 1.30 bits per heavy atom. The Balaban J connectivity index is 2.13. The minimum atomic E-state index is -0.678. The number of amides is 2. The van der Waals surface area contributed by atoms with Crippen LogP contribution < -0.4 is 11.0 Å². The molecule has 1 unspecified atom stereocenters. The van der Waals surface area contributed by atoms with Crippen molar-refractivity contribution in [3.05, 3.63) is 40.3 Å². The van der Waals surface area contributed by atoms with E-state index in [-0.39, 0.29) is 24.6 Å². The van der Waals surface area contributed by atoms with Gasteiger partial charge in [0.05, 0.1) is 17.6 Å². The normalized spacial score (nSPS) is 18.8. The van der Waals surface area contributed by atoms with E-state index in [4.69, 9.17) is 5.11 Å². The Labute approximate surface area is 131 Å². The Morgan fingerprint density at radius 2 is 2.09 bits per heavy atom. The summed E-state index contributed by atoms with van der Waals surface area (Å²) in [5, 5.41) is 11.1. The van der Waals surface area contributed by atoms with Gasteiger partial charge in [-0.05, 0) is 24.1 Å². The number of carbonyl (C=O) groups is 2. The number of piperidine rings is 1. The number of benzene rings is 1. The Hall–Kier alpha value is -2.67. The van der Waals surface area contributed by atoms with Crippen LogP contribution in [0.2, 0.25) is 0 Å². The van der Waals surface area contributed by atoms with Gasteiger partial charge in [-0.2, -0.15) is 0 Å². The summed E-state index contributed by atoms with van der Waals surface area (Å²) < 4.78 is 2.92. The second-order valence-electron chi connectivity index (χ2n) is 5.51. The number of aromatic nitrogens is 2. The van der Waals surface area contributed by atoms with E-state index in [1.54, 1.807) is 25.3 Å². The minimum Gasteiger partial charge on any atom is -0.392 e. The van der Waals surface area contributed by atoms with Crippen molar-refractivity contribution in [1.82, 2.24) is 14.5 Å². The average Bonchev–Trinajstić information content (AvgIpc) is 2.77. The van der Waals surface area contributed by atoms with Crippen LogP contribution in [0.4, 0.5) is 0 Å². The molecule has 0 radical (unpaired) electrons. The van der Waals surface area contributed by atoms with Gasteiger partial charge in [0.15, 0.2) is 0 Å². The van der Waals surface area contributed by atoms with Crippen molar-refractivity contribution in [3.8, 4) is 0 Å². The highest BCUT2D eigenvalue weighted by atomic mass is 16.2. The van der Waals surface area contributed by atoms with E-state index < -0.39 is 11.9 Å². The highest BCUT2D eigenvalue weighted by molar-refractivity contribution is 6.00. The molecule has 1 saturated heterocycles. The van der Waals surface area contributed by atoms with Crippen LogP contribution in [0.3, 0.4) is 0 Å². The average molecular weight is 315 g/mol. The third kappa shape index (κ3) is 2.59. The summed E-state index contributed by atoms with van der Waals surface area (Å²) in [6.07, 6.45) is 3.90. The van der Waals surface area contributed by atoms with E-state index in [2.05, 4.69) is 5.32 Å². The molecule has 2 amide bonds. The smallest absolute Gasteiger partial charge is 0.329 e. The van der Waals surface area contributed by atoms with Crippen LogP contribution in [0.1, 0.15) is 24.4 Å². The lowest BCUT2D eigenvalue weighted by molar-refractivity contribution is -0.135. The number of imide groups is 1. The van der Waals surface area contributed by atoms with E-state index in [1.807, 2.05) is 12.1 Å². The number of aliphatic hydroxyl groups excluding tert-OH is 1. The van der Waals surface area contributed by atoms with Gasteiger partial charge in [0.1, 0.15) is 6.04 Å². The first-order chi connectivity index (χ1) is 11.0. The van der Waals surface area contributed by atoms with E-state index >= 15 is 0 Å². The molecule has 1 aliphatic heterocycles. The molecular formula is C16H17N3O4. The molecule has 120 valence electrons. The number of fused-ring (bicyclic) bond motifs is 1. The van der Waals surface area contributed by atoms with E-state index in [0.29, 0.717) is 17.5 Å². The van der Waals surface area contributed by atoms with Crippen LogP contribution >= 0.6 is 0 Å². The standard InChI is InChI=1S/C16H17N3O4/c1-18-13-9-10(3-2-8-20)4-5-11(13)19(16(18)23)12-6-7-14(21)17-15(12)22/h2-5,9,12,20H,6-8H2,1H3,(H,17,21,22). The fraction of sp³-hybridized carbons (Fsp3) is 0.312. The zero-order chi connectivity index (χ0) is 16.6. The molecule has 0 bridgehead atoms. The molecule has 1 aromatic heterocycles.